The van der Waals surface area contributed by atoms with Gasteiger partial charge in [0.05, 0.1) is 13.2 Å². The molecule has 1 N–H and O–H groups in total. The van der Waals surface area contributed by atoms with Gasteiger partial charge in [-0.2, -0.15) is 0 Å². The quantitative estimate of drug-likeness (QED) is 0.896. The van der Waals surface area contributed by atoms with E-state index in [2.05, 4.69) is 23.5 Å². The Balaban J connectivity index is 1.83. The fraction of sp³-hybridized carbons (Fsp3) is 0.647. The van der Waals surface area contributed by atoms with Gasteiger partial charge < -0.3 is 14.8 Å². The van der Waals surface area contributed by atoms with Gasteiger partial charge in [-0.25, -0.2) is 0 Å². The molecule has 2 aliphatic heterocycles. The van der Waals surface area contributed by atoms with E-state index >= 15 is 0 Å². The second-order valence-corrected chi connectivity index (χ2v) is 6.37. The van der Waals surface area contributed by atoms with Crippen LogP contribution in [-0.2, 0) is 16.6 Å². The third-order valence-corrected chi connectivity index (χ3v) is 5.47. The molecule has 20 heavy (non-hydrogen) atoms. The highest BCUT2D eigenvalue weighted by Crippen LogP contribution is 2.50. The second-order valence-electron chi connectivity index (χ2n) is 6.37. The Morgan fingerprint density at radius 1 is 1.45 bits per heavy atom. The molecule has 4 rings (SSSR count). The summed E-state index contributed by atoms with van der Waals surface area (Å²) in [6, 6.07) is 7.33. The summed E-state index contributed by atoms with van der Waals surface area (Å²) in [4.78, 5) is 0. The molecule has 108 valence electrons. The van der Waals surface area contributed by atoms with Crippen molar-refractivity contribution >= 4 is 0 Å². The maximum atomic E-state index is 5.90. The zero-order valence-corrected chi connectivity index (χ0v) is 12.2. The lowest BCUT2D eigenvalue weighted by Crippen LogP contribution is -2.62. The molecular formula is C17H23NO2. The maximum Gasteiger partial charge on any atom is 0.119 e. The molecule has 0 aromatic heterocycles. The van der Waals surface area contributed by atoms with Crippen LogP contribution in [0, 0.1) is 5.92 Å². The Kier molecular flexibility index (Phi) is 3.00. The number of rotatable bonds is 2. The van der Waals surface area contributed by atoms with Gasteiger partial charge in [-0.1, -0.05) is 6.07 Å². The zero-order chi connectivity index (χ0) is 13.6. The van der Waals surface area contributed by atoms with E-state index < -0.39 is 0 Å². The molecule has 2 heterocycles. The first-order chi connectivity index (χ1) is 9.83. The van der Waals surface area contributed by atoms with Gasteiger partial charge in [0, 0.05) is 18.1 Å². The molecule has 0 saturated carbocycles. The Labute approximate surface area is 120 Å². The Bertz CT molecular complexity index is 512. The van der Waals surface area contributed by atoms with Crippen LogP contribution in [0.4, 0.5) is 0 Å². The fourth-order valence-corrected chi connectivity index (χ4v) is 4.63. The smallest absolute Gasteiger partial charge is 0.119 e. The molecule has 3 nitrogen and oxygen atoms in total. The van der Waals surface area contributed by atoms with Crippen molar-refractivity contribution in [3.63, 3.8) is 0 Å². The molecule has 2 fully saturated rings. The molecule has 0 radical (unpaired) electrons. The maximum absolute atomic E-state index is 5.90. The van der Waals surface area contributed by atoms with Gasteiger partial charge in [0.1, 0.15) is 5.75 Å². The molecule has 3 atom stereocenters. The van der Waals surface area contributed by atoms with Crippen LogP contribution in [0.5, 0.6) is 5.75 Å². The van der Waals surface area contributed by atoms with Crippen LogP contribution in [0.3, 0.4) is 0 Å². The second kappa shape index (κ2) is 4.74. The number of piperidine rings is 1. The summed E-state index contributed by atoms with van der Waals surface area (Å²) in [7, 11) is 0. The summed E-state index contributed by atoms with van der Waals surface area (Å²) in [5.74, 6) is 1.75. The van der Waals surface area contributed by atoms with Crippen molar-refractivity contribution in [1.82, 2.24) is 5.32 Å². The average Bonchev–Trinajstić information content (AvgIpc) is 2.48. The first kappa shape index (κ1) is 12.7. The number of ether oxygens (including phenoxy) is 2. The van der Waals surface area contributed by atoms with Gasteiger partial charge in [-0.05, 0) is 61.9 Å². The largest absolute Gasteiger partial charge is 0.494 e. The van der Waals surface area contributed by atoms with E-state index in [4.69, 9.17) is 9.47 Å². The van der Waals surface area contributed by atoms with E-state index in [1.54, 1.807) is 0 Å². The minimum absolute atomic E-state index is 0.231. The third-order valence-electron chi connectivity index (χ3n) is 5.47. The van der Waals surface area contributed by atoms with Crippen LogP contribution in [0.25, 0.3) is 0 Å². The minimum Gasteiger partial charge on any atom is -0.494 e. The van der Waals surface area contributed by atoms with E-state index in [0.717, 1.165) is 44.5 Å². The van der Waals surface area contributed by atoms with Gasteiger partial charge >= 0.3 is 0 Å². The van der Waals surface area contributed by atoms with Gasteiger partial charge in [0.15, 0.2) is 0 Å². The number of hydrogen-bond donors (Lipinski definition) is 1. The van der Waals surface area contributed by atoms with Crippen molar-refractivity contribution < 1.29 is 9.47 Å². The van der Waals surface area contributed by atoms with E-state index in [0.29, 0.717) is 6.04 Å². The van der Waals surface area contributed by atoms with E-state index in [1.807, 2.05) is 6.92 Å². The lowest BCUT2D eigenvalue weighted by molar-refractivity contribution is -0.0436. The Morgan fingerprint density at radius 3 is 3.30 bits per heavy atom. The first-order valence-corrected chi connectivity index (χ1v) is 7.91. The van der Waals surface area contributed by atoms with Crippen molar-refractivity contribution in [3.8, 4) is 5.75 Å². The normalized spacial score (nSPS) is 35.0. The molecule has 0 unspecified atom stereocenters. The number of nitrogens with one attached hydrogen (secondary N) is 1. The average molecular weight is 273 g/mol. The summed E-state index contributed by atoms with van der Waals surface area (Å²) >= 11 is 0. The molecule has 2 bridgehead atoms. The Hall–Kier alpha value is -1.06. The molecule has 1 aliphatic carbocycles. The number of benzene rings is 1. The van der Waals surface area contributed by atoms with Crippen LogP contribution < -0.4 is 10.1 Å². The molecule has 2 saturated heterocycles. The van der Waals surface area contributed by atoms with E-state index in [1.165, 1.54) is 24.0 Å². The van der Waals surface area contributed by atoms with Crippen LogP contribution in [0.15, 0.2) is 18.2 Å². The molecule has 0 spiro atoms. The SMILES string of the molecule is CCOc1ccc2c(c1)[C@]13CCN[C@H](C2)[C@@H]1CCOC3. The highest BCUT2D eigenvalue weighted by Gasteiger charge is 2.52. The van der Waals surface area contributed by atoms with Crippen molar-refractivity contribution in [2.45, 2.75) is 37.6 Å². The highest BCUT2D eigenvalue weighted by molar-refractivity contribution is 5.45. The van der Waals surface area contributed by atoms with Crippen molar-refractivity contribution in [3.05, 3.63) is 29.3 Å². The van der Waals surface area contributed by atoms with Crippen LogP contribution >= 0.6 is 0 Å². The monoisotopic (exact) mass is 273 g/mol. The van der Waals surface area contributed by atoms with Gasteiger partial charge in [-0.15, -0.1) is 0 Å². The van der Waals surface area contributed by atoms with Gasteiger partial charge in [0.2, 0.25) is 0 Å². The topological polar surface area (TPSA) is 30.5 Å². The number of hydrogen-bond acceptors (Lipinski definition) is 3. The molecule has 3 heteroatoms. The van der Waals surface area contributed by atoms with E-state index in [9.17, 15) is 0 Å². The lowest BCUT2D eigenvalue weighted by Gasteiger charge is -2.55. The van der Waals surface area contributed by atoms with Crippen molar-refractivity contribution in [1.29, 1.82) is 0 Å². The highest BCUT2D eigenvalue weighted by atomic mass is 16.5. The van der Waals surface area contributed by atoms with Crippen molar-refractivity contribution in [2.75, 3.05) is 26.4 Å². The van der Waals surface area contributed by atoms with Gasteiger partial charge in [0.25, 0.3) is 0 Å². The van der Waals surface area contributed by atoms with E-state index in [-0.39, 0.29) is 5.41 Å². The summed E-state index contributed by atoms with van der Waals surface area (Å²) in [5.41, 5.74) is 3.23. The Morgan fingerprint density at radius 2 is 2.40 bits per heavy atom. The van der Waals surface area contributed by atoms with Crippen molar-refractivity contribution in [2.24, 2.45) is 5.92 Å². The minimum atomic E-state index is 0.231. The molecular weight excluding hydrogens is 250 g/mol. The van der Waals surface area contributed by atoms with Gasteiger partial charge in [-0.3, -0.25) is 0 Å². The summed E-state index contributed by atoms with van der Waals surface area (Å²) in [5, 5.41) is 3.74. The lowest BCUT2D eigenvalue weighted by atomic mass is 9.56. The van der Waals surface area contributed by atoms with Crippen LogP contribution in [0.2, 0.25) is 0 Å². The summed E-state index contributed by atoms with van der Waals surface area (Å²) < 4.78 is 11.6. The predicted molar refractivity (Wildman–Crippen MR) is 78.3 cm³/mol. The summed E-state index contributed by atoms with van der Waals surface area (Å²) in [6.45, 7) is 5.70. The van der Waals surface area contributed by atoms with Crippen LogP contribution in [-0.4, -0.2) is 32.4 Å². The fourth-order valence-electron chi connectivity index (χ4n) is 4.63. The molecule has 1 aromatic carbocycles. The summed E-state index contributed by atoms with van der Waals surface area (Å²) in [6.07, 6.45) is 3.54. The third kappa shape index (κ3) is 1.73. The zero-order valence-electron chi connectivity index (χ0n) is 12.2. The molecule has 0 amide bonds. The van der Waals surface area contributed by atoms with Crippen LogP contribution in [0.1, 0.15) is 30.9 Å². The molecule has 1 aromatic rings. The molecule has 3 aliphatic rings. The predicted octanol–water partition coefficient (Wildman–Crippen LogP) is 2.28. The first-order valence-electron chi connectivity index (χ1n) is 7.91. The standard InChI is InChI=1S/C17H23NO2/c1-2-20-13-4-3-12-9-16-14-5-8-19-11-17(14,6-7-18-16)15(12)10-13/h3-4,10,14,16,18H,2,5-9,11H2,1H3/t14-,16+,17-/m0/s1. The number of fused-ring (bicyclic) bond motifs is 1.